The standard InChI is InChI=1S/C11H12N2O2/c14-10(12-13-7-6-11(13)15)8-9-4-2-1-3-5-9/h1-5H,6-8H2,(H,12,14). The van der Waals surface area contributed by atoms with Crippen LogP contribution in [0.2, 0.25) is 0 Å². The average Bonchev–Trinajstić information content (AvgIpc) is 2.25. The molecule has 0 spiro atoms. The molecule has 0 radical (unpaired) electrons. The monoisotopic (exact) mass is 204 g/mol. The van der Waals surface area contributed by atoms with E-state index < -0.39 is 0 Å². The van der Waals surface area contributed by atoms with Crippen LogP contribution in [-0.2, 0) is 16.0 Å². The smallest absolute Gasteiger partial charge is 0.242 e. The summed E-state index contributed by atoms with van der Waals surface area (Å²) in [5, 5.41) is 1.35. The van der Waals surface area contributed by atoms with Gasteiger partial charge in [-0.25, -0.2) is 0 Å². The molecule has 0 unspecified atom stereocenters. The maximum absolute atomic E-state index is 11.5. The van der Waals surface area contributed by atoms with Gasteiger partial charge in [-0.15, -0.1) is 0 Å². The van der Waals surface area contributed by atoms with Gasteiger partial charge in [0.1, 0.15) is 0 Å². The van der Waals surface area contributed by atoms with Crippen LogP contribution in [0.3, 0.4) is 0 Å². The van der Waals surface area contributed by atoms with Crippen LogP contribution in [0.4, 0.5) is 0 Å². The Kier molecular flexibility index (Phi) is 2.67. The maximum atomic E-state index is 11.5. The number of β-lactam (4-membered cyclic amide) rings is 1. The summed E-state index contributed by atoms with van der Waals surface area (Å²) in [6, 6.07) is 9.45. The molecule has 1 fully saturated rings. The lowest BCUT2D eigenvalue weighted by Crippen LogP contribution is -2.54. The topological polar surface area (TPSA) is 49.4 Å². The Morgan fingerprint density at radius 2 is 2.07 bits per heavy atom. The van der Waals surface area contributed by atoms with Crippen molar-refractivity contribution in [3.8, 4) is 0 Å². The van der Waals surface area contributed by atoms with Crippen molar-refractivity contribution in [3.63, 3.8) is 0 Å². The zero-order valence-corrected chi connectivity index (χ0v) is 8.27. The first-order valence-electron chi connectivity index (χ1n) is 4.89. The molecule has 1 aliphatic heterocycles. The Balaban J connectivity index is 1.85. The molecule has 0 aliphatic carbocycles. The van der Waals surface area contributed by atoms with Gasteiger partial charge in [0.2, 0.25) is 11.8 Å². The van der Waals surface area contributed by atoms with Crippen molar-refractivity contribution in [2.24, 2.45) is 0 Å². The molecule has 0 atom stereocenters. The summed E-state index contributed by atoms with van der Waals surface area (Å²) in [5.41, 5.74) is 3.51. The van der Waals surface area contributed by atoms with E-state index in [1.54, 1.807) is 0 Å². The average molecular weight is 204 g/mol. The van der Waals surface area contributed by atoms with Crippen molar-refractivity contribution < 1.29 is 9.59 Å². The van der Waals surface area contributed by atoms with E-state index in [1.165, 1.54) is 5.01 Å². The molecule has 1 N–H and O–H groups in total. The molecule has 0 bridgehead atoms. The first-order chi connectivity index (χ1) is 7.25. The Hall–Kier alpha value is -1.84. The number of hydrazine groups is 1. The molecule has 1 saturated heterocycles. The number of benzene rings is 1. The van der Waals surface area contributed by atoms with Gasteiger partial charge in [-0.2, -0.15) is 0 Å². The molecule has 2 amide bonds. The second-order valence-corrected chi connectivity index (χ2v) is 3.49. The highest BCUT2D eigenvalue weighted by atomic mass is 16.2. The number of nitrogens with one attached hydrogen (secondary N) is 1. The van der Waals surface area contributed by atoms with E-state index in [9.17, 15) is 9.59 Å². The van der Waals surface area contributed by atoms with Crippen LogP contribution in [0.15, 0.2) is 30.3 Å². The van der Waals surface area contributed by atoms with Gasteiger partial charge in [0.25, 0.3) is 0 Å². The molecule has 1 heterocycles. The molecular formula is C11H12N2O2. The summed E-state index contributed by atoms with van der Waals surface area (Å²) in [7, 11) is 0. The van der Waals surface area contributed by atoms with Crippen molar-refractivity contribution in [2.45, 2.75) is 12.8 Å². The van der Waals surface area contributed by atoms with E-state index in [4.69, 9.17) is 0 Å². The summed E-state index contributed by atoms with van der Waals surface area (Å²) in [6.45, 7) is 0.624. The summed E-state index contributed by atoms with van der Waals surface area (Å²) in [5.74, 6) is -0.161. The predicted molar refractivity (Wildman–Crippen MR) is 54.6 cm³/mol. The Labute approximate surface area is 87.9 Å². The van der Waals surface area contributed by atoms with Gasteiger partial charge in [-0.3, -0.25) is 20.0 Å². The van der Waals surface area contributed by atoms with E-state index in [2.05, 4.69) is 5.43 Å². The molecule has 15 heavy (non-hydrogen) atoms. The number of hydrogen-bond donors (Lipinski definition) is 1. The number of rotatable bonds is 3. The minimum atomic E-state index is -0.144. The van der Waals surface area contributed by atoms with E-state index >= 15 is 0 Å². The highest BCUT2D eigenvalue weighted by molar-refractivity contribution is 5.86. The van der Waals surface area contributed by atoms with Gasteiger partial charge in [-0.05, 0) is 5.56 Å². The molecule has 4 nitrogen and oxygen atoms in total. The van der Waals surface area contributed by atoms with Crippen LogP contribution in [0.5, 0.6) is 0 Å². The van der Waals surface area contributed by atoms with Crippen LogP contribution in [0, 0.1) is 0 Å². The van der Waals surface area contributed by atoms with E-state index in [1.807, 2.05) is 30.3 Å². The summed E-state index contributed by atoms with van der Waals surface area (Å²) in [4.78, 5) is 22.4. The number of amides is 2. The van der Waals surface area contributed by atoms with Crippen molar-refractivity contribution in [2.75, 3.05) is 6.54 Å². The highest BCUT2D eigenvalue weighted by Gasteiger charge is 2.25. The minimum Gasteiger partial charge on any atom is -0.273 e. The molecule has 1 aromatic rings. The number of nitrogens with zero attached hydrogens (tertiary/aromatic N) is 1. The molecule has 78 valence electrons. The predicted octanol–water partition coefficient (Wildman–Crippen LogP) is 0.493. The second-order valence-electron chi connectivity index (χ2n) is 3.49. The van der Waals surface area contributed by atoms with Gasteiger partial charge in [-0.1, -0.05) is 30.3 Å². The first kappa shape index (κ1) is 9.71. The normalized spacial score (nSPS) is 14.7. The Morgan fingerprint density at radius 3 is 2.60 bits per heavy atom. The summed E-state index contributed by atoms with van der Waals surface area (Å²) in [6.07, 6.45) is 0.843. The van der Waals surface area contributed by atoms with Crippen LogP contribution in [-0.4, -0.2) is 23.4 Å². The van der Waals surface area contributed by atoms with Gasteiger partial charge >= 0.3 is 0 Å². The fourth-order valence-corrected chi connectivity index (χ4v) is 1.40. The minimum absolute atomic E-state index is 0.0172. The number of carbonyl (C=O) groups excluding carboxylic acids is 2. The van der Waals surface area contributed by atoms with Crippen LogP contribution in [0.25, 0.3) is 0 Å². The summed E-state index contributed by atoms with van der Waals surface area (Å²) < 4.78 is 0. The molecule has 0 saturated carbocycles. The van der Waals surface area contributed by atoms with Crippen LogP contribution >= 0.6 is 0 Å². The Bertz CT molecular complexity index is 375. The van der Waals surface area contributed by atoms with Crippen molar-refractivity contribution in [1.82, 2.24) is 10.4 Å². The fraction of sp³-hybridized carbons (Fsp3) is 0.273. The Morgan fingerprint density at radius 1 is 1.33 bits per heavy atom. The molecule has 0 aromatic heterocycles. The van der Waals surface area contributed by atoms with Gasteiger partial charge in [0.05, 0.1) is 13.0 Å². The lowest BCUT2D eigenvalue weighted by molar-refractivity contribution is -0.149. The summed E-state index contributed by atoms with van der Waals surface area (Å²) >= 11 is 0. The zero-order valence-electron chi connectivity index (χ0n) is 8.27. The third-order valence-corrected chi connectivity index (χ3v) is 2.32. The molecule has 2 rings (SSSR count). The van der Waals surface area contributed by atoms with Crippen molar-refractivity contribution in [3.05, 3.63) is 35.9 Å². The van der Waals surface area contributed by atoms with E-state index in [-0.39, 0.29) is 11.8 Å². The third-order valence-electron chi connectivity index (χ3n) is 2.32. The largest absolute Gasteiger partial charge is 0.273 e. The molecule has 1 aliphatic rings. The molecule has 4 heteroatoms. The van der Waals surface area contributed by atoms with Crippen LogP contribution in [0.1, 0.15) is 12.0 Å². The number of carbonyl (C=O) groups is 2. The highest BCUT2D eigenvalue weighted by Crippen LogP contribution is 2.05. The number of hydrogen-bond acceptors (Lipinski definition) is 2. The van der Waals surface area contributed by atoms with Gasteiger partial charge in [0, 0.05) is 6.42 Å². The van der Waals surface area contributed by atoms with Crippen LogP contribution < -0.4 is 5.43 Å². The lowest BCUT2D eigenvalue weighted by Gasteiger charge is -2.30. The van der Waals surface area contributed by atoms with Crippen molar-refractivity contribution >= 4 is 11.8 Å². The zero-order chi connectivity index (χ0) is 10.7. The molecular weight excluding hydrogens is 192 g/mol. The quantitative estimate of drug-likeness (QED) is 0.728. The molecule has 1 aromatic carbocycles. The van der Waals surface area contributed by atoms with Crippen molar-refractivity contribution in [1.29, 1.82) is 0 Å². The maximum Gasteiger partial charge on any atom is 0.242 e. The SMILES string of the molecule is O=C(Cc1ccccc1)NN1CCC1=O. The first-order valence-corrected chi connectivity index (χ1v) is 4.89. The van der Waals surface area contributed by atoms with E-state index in [0.717, 1.165) is 5.56 Å². The second kappa shape index (κ2) is 4.13. The third kappa shape index (κ3) is 2.34. The fourth-order valence-electron chi connectivity index (χ4n) is 1.40. The van der Waals surface area contributed by atoms with E-state index in [0.29, 0.717) is 19.4 Å². The van der Waals surface area contributed by atoms with Gasteiger partial charge < -0.3 is 0 Å². The lowest BCUT2D eigenvalue weighted by atomic mass is 10.1. The van der Waals surface area contributed by atoms with Gasteiger partial charge in [0.15, 0.2) is 0 Å².